The number of pyridine rings is 1. The largest absolute Gasteiger partial charge is 0.491 e. The predicted octanol–water partition coefficient (Wildman–Crippen LogP) is 2.77. The fourth-order valence-corrected chi connectivity index (χ4v) is 2.38. The highest BCUT2D eigenvalue weighted by molar-refractivity contribution is 5.94. The quantitative estimate of drug-likeness (QED) is 0.751. The van der Waals surface area contributed by atoms with Crippen molar-refractivity contribution in [1.29, 1.82) is 0 Å². The number of amides is 1. The molecule has 0 fully saturated rings. The number of rotatable bonds is 6. The first kappa shape index (κ1) is 16.7. The smallest absolute Gasteiger partial charge is 0.251 e. The van der Waals surface area contributed by atoms with E-state index in [4.69, 9.17) is 4.74 Å². The zero-order valence-electron chi connectivity index (χ0n) is 14.2. The molecule has 0 unspecified atom stereocenters. The average Bonchev–Trinajstić information content (AvgIpc) is 3.16. The highest BCUT2D eigenvalue weighted by Gasteiger charge is 2.12. The minimum atomic E-state index is -0.162. The molecule has 1 amide bonds. The molecule has 0 saturated carbocycles. The number of aryl methyl sites for hydroxylation is 1. The summed E-state index contributed by atoms with van der Waals surface area (Å²) in [4.78, 5) is 20.7. The molecule has 25 heavy (non-hydrogen) atoms. The lowest BCUT2D eigenvalue weighted by Gasteiger charge is -2.16. The monoisotopic (exact) mass is 336 g/mol. The van der Waals surface area contributed by atoms with Gasteiger partial charge >= 0.3 is 0 Å². The third-order valence-corrected chi connectivity index (χ3v) is 3.74. The highest BCUT2D eigenvalue weighted by atomic mass is 16.5. The number of nitrogens with zero attached hydrogens (tertiary/aromatic N) is 3. The van der Waals surface area contributed by atoms with Crippen molar-refractivity contribution in [3.8, 4) is 11.6 Å². The van der Waals surface area contributed by atoms with Crippen molar-refractivity contribution in [1.82, 2.24) is 19.9 Å². The summed E-state index contributed by atoms with van der Waals surface area (Å²) in [7, 11) is 0. The SMILES string of the molecule is Cc1ccccc1OC[C@@H](C)NC(=O)c1ccnc(-n2ccnc2)c1. The Balaban J connectivity index is 1.60. The number of aromatic nitrogens is 3. The van der Waals surface area contributed by atoms with Crippen molar-refractivity contribution in [2.24, 2.45) is 0 Å². The number of carbonyl (C=O) groups is 1. The Bertz CT molecular complexity index is 846. The van der Waals surface area contributed by atoms with Gasteiger partial charge in [-0.15, -0.1) is 0 Å². The first-order valence-electron chi connectivity index (χ1n) is 8.07. The fraction of sp³-hybridized carbons (Fsp3) is 0.211. The van der Waals surface area contributed by atoms with Gasteiger partial charge in [0.25, 0.3) is 5.91 Å². The molecular weight excluding hydrogens is 316 g/mol. The van der Waals surface area contributed by atoms with Crippen LogP contribution in [0.2, 0.25) is 0 Å². The van der Waals surface area contributed by atoms with Gasteiger partial charge in [0.1, 0.15) is 24.5 Å². The standard InChI is InChI=1S/C19H20N4O2/c1-14-5-3-4-6-17(14)25-12-15(2)22-19(24)16-7-8-21-18(11-16)23-10-9-20-13-23/h3-11,13,15H,12H2,1-2H3,(H,22,24)/t15-/m1/s1. The van der Waals surface area contributed by atoms with Crippen LogP contribution in [-0.4, -0.2) is 33.1 Å². The molecule has 1 aromatic carbocycles. The summed E-state index contributed by atoms with van der Waals surface area (Å²) in [5, 5.41) is 2.94. The van der Waals surface area contributed by atoms with Gasteiger partial charge in [0.15, 0.2) is 0 Å². The molecule has 3 aromatic rings. The molecule has 0 spiro atoms. The molecule has 1 N–H and O–H groups in total. The minimum absolute atomic E-state index is 0.128. The predicted molar refractivity (Wildman–Crippen MR) is 95.0 cm³/mol. The van der Waals surface area contributed by atoms with Gasteiger partial charge in [-0.3, -0.25) is 9.36 Å². The summed E-state index contributed by atoms with van der Waals surface area (Å²) in [6.07, 6.45) is 6.70. The van der Waals surface area contributed by atoms with Crippen LogP contribution in [0.1, 0.15) is 22.8 Å². The van der Waals surface area contributed by atoms with Crippen LogP contribution in [0.4, 0.5) is 0 Å². The van der Waals surface area contributed by atoms with Gasteiger partial charge in [0.2, 0.25) is 0 Å². The highest BCUT2D eigenvalue weighted by Crippen LogP contribution is 2.16. The van der Waals surface area contributed by atoms with E-state index in [9.17, 15) is 4.79 Å². The molecule has 2 aromatic heterocycles. The van der Waals surface area contributed by atoms with Gasteiger partial charge < -0.3 is 10.1 Å². The van der Waals surface area contributed by atoms with Crippen molar-refractivity contribution in [2.45, 2.75) is 19.9 Å². The van der Waals surface area contributed by atoms with Crippen molar-refractivity contribution in [3.63, 3.8) is 0 Å². The van der Waals surface area contributed by atoms with E-state index in [1.54, 1.807) is 41.6 Å². The molecule has 0 bridgehead atoms. The average molecular weight is 336 g/mol. The van der Waals surface area contributed by atoms with E-state index < -0.39 is 0 Å². The second kappa shape index (κ2) is 7.61. The van der Waals surface area contributed by atoms with Gasteiger partial charge in [0.05, 0.1) is 6.04 Å². The molecule has 0 radical (unpaired) electrons. The van der Waals surface area contributed by atoms with E-state index in [1.807, 2.05) is 38.1 Å². The number of carbonyl (C=O) groups excluding carboxylic acids is 1. The fourth-order valence-electron chi connectivity index (χ4n) is 2.38. The van der Waals surface area contributed by atoms with Gasteiger partial charge in [-0.1, -0.05) is 18.2 Å². The molecule has 6 heteroatoms. The third kappa shape index (κ3) is 4.23. The summed E-state index contributed by atoms with van der Waals surface area (Å²) in [5.74, 6) is 1.31. The molecular formula is C19H20N4O2. The summed E-state index contributed by atoms with van der Waals surface area (Å²) < 4.78 is 7.53. The summed E-state index contributed by atoms with van der Waals surface area (Å²) in [6.45, 7) is 4.30. The maximum absolute atomic E-state index is 12.4. The van der Waals surface area contributed by atoms with Crippen molar-refractivity contribution >= 4 is 5.91 Å². The molecule has 128 valence electrons. The van der Waals surface area contributed by atoms with Gasteiger partial charge in [-0.05, 0) is 37.6 Å². The summed E-state index contributed by atoms with van der Waals surface area (Å²) in [5.41, 5.74) is 1.61. The van der Waals surface area contributed by atoms with Gasteiger partial charge in [-0.25, -0.2) is 9.97 Å². The molecule has 0 aliphatic rings. The van der Waals surface area contributed by atoms with Gasteiger partial charge in [-0.2, -0.15) is 0 Å². The summed E-state index contributed by atoms with van der Waals surface area (Å²) >= 11 is 0. The van der Waals surface area contributed by atoms with E-state index in [-0.39, 0.29) is 11.9 Å². The molecule has 1 atom stereocenters. The normalized spacial score (nSPS) is 11.8. The number of ether oxygens (including phenoxy) is 1. The minimum Gasteiger partial charge on any atom is -0.491 e. The third-order valence-electron chi connectivity index (χ3n) is 3.74. The number of hydrogen-bond donors (Lipinski definition) is 1. The lowest BCUT2D eigenvalue weighted by atomic mass is 10.2. The van der Waals surface area contributed by atoms with Crippen molar-refractivity contribution in [3.05, 3.63) is 72.4 Å². The lowest BCUT2D eigenvalue weighted by Crippen LogP contribution is -2.36. The lowest BCUT2D eigenvalue weighted by molar-refractivity contribution is 0.0926. The van der Waals surface area contributed by atoms with Crippen molar-refractivity contribution in [2.75, 3.05) is 6.61 Å². The number of nitrogens with one attached hydrogen (secondary N) is 1. The number of benzene rings is 1. The van der Waals surface area contributed by atoms with E-state index >= 15 is 0 Å². The zero-order valence-corrected chi connectivity index (χ0v) is 14.2. The van der Waals surface area contributed by atoms with E-state index in [1.165, 1.54) is 0 Å². The van der Waals surface area contributed by atoms with E-state index in [2.05, 4.69) is 15.3 Å². The second-order valence-electron chi connectivity index (χ2n) is 5.82. The maximum Gasteiger partial charge on any atom is 0.251 e. The number of hydrogen-bond acceptors (Lipinski definition) is 4. The van der Waals surface area contributed by atoms with E-state index in [0.717, 1.165) is 11.3 Å². The van der Waals surface area contributed by atoms with Crippen LogP contribution in [-0.2, 0) is 0 Å². The Labute approximate surface area is 146 Å². The van der Waals surface area contributed by atoms with Crippen LogP contribution in [0.15, 0.2) is 61.3 Å². The Morgan fingerprint density at radius 1 is 1.28 bits per heavy atom. The van der Waals surface area contributed by atoms with Crippen LogP contribution in [0.5, 0.6) is 5.75 Å². The van der Waals surface area contributed by atoms with Crippen molar-refractivity contribution < 1.29 is 9.53 Å². The van der Waals surface area contributed by atoms with Crippen LogP contribution in [0, 0.1) is 6.92 Å². The first-order chi connectivity index (χ1) is 12.1. The summed E-state index contributed by atoms with van der Waals surface area (Å²) in [6, 6.07) is 11.1. The molecule has 6 nitrogen and oxygen atoms in total. The first-order valence-corrected chi connectivity index (χ1v) is 8.07. The van der Waals surface area contributed by atoms with Crippen LogP contribution >= 0.6 is 0 Å². The molecule has 0 saturated heterocycles. The number of para-hydroxylation sites is 1. The maximum atomic E-state index is 12.4. The van der Waals surface area contributed by atoms with Gasteiger partial charge in [0, 0.05) is 24.2 Å². The molecule has 2 heterocycles. The number of imidazole rings is 1. The van der Waals surface area contributed by atoms with Crippen LogP contribution in [0.25, 0.3) is 5.82 Å². The Hall–Kier alpha value is -3.15. The molecule has 0 aliphatic carbocycles. The Morgan fingerprint density at radius 3 is 2.88 bits per heavy atom. The Kier molecular flexibility index (Phi) is 5.09. The van der Waals surface area contributed by atoms with Crippen LogP contribution < -0.4 is 10.1 Å². The topological polar surface area (TPSA) is 69.0 Å². The zero-order chi connectivity index (χ0) is 17.6. The molecule has 3 rings (SSSR count). The van der Waals surface area contributed by atoms with E-state index in [0.29, 0.717) is 18.0 Å². The second-order valence-corrected chi connectivity index (χ2v) is 5.82. The Morgan fingerprint density at radius 2 is 2.12 bits per heavy atom. The molecule has 0 aliphatic heterocycles. The van der Waals surface area contributed by atoms with Crippen LogP contribution in [0.3, 0.4) is 0 Å².